The highest BCUT2D eigenvalue weighted by molar-refractivity contribution is 7.13. The summed E-state index contributed by atoms with van der Waals surface area (Å²) >= 11 is 1.56. The Labute approximate surface area is 122 Å². The Hall–Kier alpha value is -1.69. The van der Waals surface area contributed by atoms with Crippen molar-refractivity contribution in [2.45, 2.75) is 40.3 Å². The van der Waals surface area contributed by atoms with Crippen molar-refractivity contribution in [2.24, 2.45) is 5.92 Å². The van der Waals surface area contributed by atoms with Crippen LogP contribution in [0.4, 0.5) is 0 Å². The lowest BCUT2D eigenvalue weighted by Crippen LogP contribution is -2.39. The lowest BCUT2D eigenvalue weighted by molar-refractivity contribution is -0.137. The first kappa shape index (κ1) is 14.7. The molecule has 0 aromatic carbocycles. The molecule has 0 saturated carbocycles. The lowest BCUT2D eigenvalue weighted by atomic mass is 10.1. The molecule has 108 valence electrons. The van der Waals surface area contributed by atoms with Crippen LogP contribution >= 0.6 is 11.3 Å². The summed E-state index contributed by atoms with van der Waals surface area (Å²) in [5.41, 5.74) is 0. The van der Waals surface area contributed by atoms with Crippen molar-refractivity contribution in [3.8, 4) is 10.7 Å². The highest BCUT2D eigenvalue weighted by Gasteiger charge is 2.22. The average molecular weight is 293 g/mol. The Morgan fingerprint density at radius 1 is 1.40 bits per heavy atom. The third kappa shape index (κ3) is 3.25. The van der Waals surface area contributed by atoms with E-state index in [0.717, 1.165) is 4.88 Å². The summed E-state index contributed by atoms with van der Waals surface area (Å²) < 4.78 is 5.25. The van der Waals surface area contributed by atoms with Crippen LogP contribution < -0.4 is 0 Å². The molecule has 1 amide bonds. The molecule has 2 aromatic heterocycles. The maximum absolute atomic E-state index is 12.2. The van der Waals surface area contributed by atoms with E-state index < -0.39 is 0 Å². The van der Waals surface area contributed by atoms with Crippen LogP contribution in [0.5, 0.6) is 0 Å². The lowest BCUT2D eigenvalue weighted by Gasteiger charge is -2.26. The zero-order chi connectivity index (χ0) is 14.7. The molecule has 6 heteroatoms. The van der Waals surface area contributed by atoms with Crippen LogP contribution in [0.3, 0.4) is 0 Å². The van der Waals surface area contributed by atoms with Crippen molar-refractivity contribution < 1.29 is 9.32 Å². The molecule has 0 aliphatic heterocycles. The number of hydrogen-bond acceptors (Lipinski definition) is 5. The van der Waals surface area contributed by atoms with Crippen molar-refractivity contribution in [1.29, 1.82) is 0 Å². The molecule has 0 bridgehead atoms. The highest BCUT2D eigenvalue weighted by Crippen LogP contribution is 2.22. The number of amides is 1. The minimum Gasteiger partial charge on any atom is -0.337 e. The summed E-state index contributed by atoms with van der Waals surface area (Å²) in [5.74, 6) is 1.10. The van der Waals surface area contributed by atoms with Crippen molar-refractivity contribution in [3.05, 3.63) is 23.4 Å². The molecule has 0 atom stereocenters. The van der Waals surface area contributed by atoms with E-state index in [1.165, 1.54) is 0 Å². The van der Waals surface area contributed by atoms with Crippen LogP contribution in [-0.2, 0) is 11.3 Å². The van der Waals surface area contributed by atoms with Gasteiger partial charge in [-0.1, -0.05) is 25.1 Å². The Bertz CT molecular complexity index is 561. The zero-order valence-electron chi connectivity index (χ0n) is 12.2. The molecule has 0 aliphatic carbocycles. The minimum atomic E-state index is -0.0444. The minimum absolute atomic E-state index is 0.0444. The Morgan fingerprint density at radius 3 is 2.70 bits per heavy atom. The summed E-state index contributed by atoms with van der Waals surface area (Å²) in [6.45, 7) is 8.10. The van der Waals surface area contributed by atoms with Gasteiger partial charge in [-0.2, -0.15) is 4.98 Å². The molecule has 0 saturated heterocycles. The molecule has 0 spiro atoms. The standard InChI is InChI=1S/C14H19N3O2S/c1-9(2)14(18)17(10(3)4)8-12-15-13(16-19-12)11-6-5-7-20-11/h5-7,9-10H,8H2,1-4H3. The van der Waals surface area contributed by atoms with Crippen LogP contribution in [0.1, 0.15) is 33.6 Å². The predicted octanol–water partition coefficient (Wildman–Crippen LogP) is 3.19. The molecule has 5 nitrogen and oxygen atoms in total. The van der Waals surface area contributed by atoms with Gasteiger partial charge in [-0.05, 0) is 25.3 Å². The van der Waals surface area contributed by atoms with E-state index in [2.05, 4.69) is 10.1 Å². The fourth-order valence-corrected chi connectivity index (χ4v) is 2.47. The van der Waals surface area contributed by atoms with Crippen molar-refractivity contribution in [1.82, 2.24) is 15.0 Å². The van der Waals surface area contributed by atoms with Gasteiger partial charge in [0.05, 0.1) is 4.88 Å². The van der Waals surface area contributed by atoms with Gasteiger partial charge in [0.1, 0.15) is 6.54 Å². The number of nitrogens with zero attached hydrogens (tertiary/aromatic N) is 3. The van der Waals surface area contributed by atoms with Gasteiger partial charge in [0.2, 0.25) is 17.6 Å². The van der Waals surface area contributed by atoms with Gasteiger partial charge < -0.3 is 9.42 Å². The second kappa shape index (κ2) is 6.17. The van der Waals surface area contributed by atoms with E-state index in [-0.39, 0.29) is 17.9 Å². The van der Waals surface area contributed by atoms with Gasteiger partial charge >= 0.3 is 0 Å². The first-order valence-electron chi connectivity index (χ1n) is 6.66. The van der Waals surface area contributed by atoms with Crippen LogP contribution in [0.25, 0.3) is 10.7 Å². The maximum Gasteiger partial charge on any atom is 0.246 e. The van der Waals surface area contributed by atoms with E-state index in [9.17, 15) is 4.79 Å². The van der Waals surface area contributed by atoms with Gasteiger partial charge in [-0.25, -0.2) is 0 Å². The van der Waals surface area contributed by atoms with E-state index in [0.29, 0.717) is 18.3 Å². The van der Waals surface area contributed by atoms with Crippen molar-refractivity contribution >= 4 is 17.2 Å². The van der Waals surface area contributed by atoms with Crippen LogP contribution in [-0.4, -0.2) is 27.0 Å². The SMILES string of the molecule is CC(C)C(=O)N(Cc1nc(-c2cccs2)no1)C(C)C. The normalized spacial score (nSPS) is 11.3. The van der Waals surface area contributed by atoms with E-state index in [4.69, 9.17) is 4.52 Å². The average Bonchev–Trinajstić information content (AvgIpc) is 3.05. The highest BCUT2D eigenvalue weighted by atomic mass is 32.1. The largest absolute Gasteiger partial charge is 0.337 e. The molecule has 20 heavy (non-hydrogen) atoms. The fraction of sp³-hybridized carbons (Fsp3) is 0.500. The molecule has 0 radical (unpaired) electrons. The quantitative estimate of drug-likeness (QED) is 0.849. The molecular formula is C14H19N3O2S. The molecule has 2 rings (SSSR count). The Morgan fingerprint density at radius 2 is 2.15 bits per heavy atom. The summed E-state index contributed by atoms with van der Waals surface area (Å²) in [6, 6.07) is 3.99. The number of carbonyl (C=O) groups excluding carboxylic acids is 1. The number of carbonyl (C=O) groups is 1. The van der Waals surface area contributed by atoms with Gasteiger partial charge in [0, 0.05) is 12.0 Å². The van der Waals surface area contributed by atoms with E-state index >= 15 is 0 Å². The third-order valence-electron chi connectivity index (χ3n) is 2.92. The topological polar surface area (TPSA) is 59.2 Å². The van der Waals surface area contributed by atoms with Crippen LogP contribution in [0, 0.1) is 5.92 Å². The summed E-state index contributed by atoms with van der Waals surface area (Å²) in [7, 11) is 0. The molecule has 0 fully saturated rings. The van der Waals surface area contributed by atoms with Crippen molar-refractivity contribution in [3.63, 3.8) is 0 Å². The smallest absolute Gasteiger partial charge is 0.246 e. The molecule has 0 aliphatic rings. The number of thiophene rings is 1. The van der Waals surface area contributed by atoms with E-state index in [1.807, 2.05) is 45.2 Å². The van der Waals surface area contributed by atoms with Gasteiger partial charge in [-0.3, -0.25) is 4.79 Å². The Balaban J connectivity index is 2.14. The number of aromatic nitrogens is 2. The summed E-state index contributed by atoms with van der Waals surface area (Å²) in [4.78, 5) is 19.2. The van der Waals surface area contributed by atoms with Crippen molar-refractivity contribution in [2.75, 3.05) is 0 Å². The second-order valence-corrected chi connectivity index (χ2v) is 6.15. The fourth-order valence-electron chi connectivity index (χ4n) is 1.82. The maximum atomic E-state index is 12.2. The Kier molecular flexibility index (Phi) is 4.54. The van der Waals surface area contributed by atoms with Gasteiger partial charge in [0.15, 0.2) is 0 Å². The monoisotopic (exact) mass is 293 g/mol. The van der Waals surface area contributed by atoms with Gasteiger partial charge in [0.25, 0.3) is 0 Å². The van der Waals surface area contributed by atoms with Crippen LogP contribution in [0.15, 0.2) is 22.0 Å². The summed E-state index contributed by atoms with van der Waals surface area (Å²) in [5, 5.41) is 5.93. The zero-order valence-corrected chi connectivity index (χ0v) is 13.0. The van der Waals surface area contributed by atoms with Crippen LogP contribution in [0.2, 0.25) is 0 Å². The van der Waals surface area contributed by atoms with E-state index in [1.54, 1.807) is 16.2 Å². The summed E-state index contributed by atoms with van der Waals surface area (Å²) in [6.07, 6.45) is 0. The molecule has 0 unspecified atom stereocenters. The van der Waals surface area contributed by atoms with Gasteiger partial charge in [-0.15, -0.1) is 11.3 Å². The first-order chi connectivity index (χ1) is 9.49. The predicted molar refractivity (Wildman–Crippen MR) is 78.1 cm³/mol. The number of rotatable bonds is 5. The molecule has 2 heterocycles. The molecule has 0 N–H and O–H groups in total. The third-order valence-corrected chi connectivity index (χ3v) is 3.78. The first-order valence-corrected chi connectivity index (χ1v) is 7.54. The second-order valence-electron chi connectivity index (χ2n) is 5.20. The number of hydrogen-bond donors (Lipinski definition) is 0. The molecular weight excluding hydrogens is 274 g/mol. The molecule has 2 aromatic rings.